The first-order chi connectivity index (χ1) is 9.03. The van der Waals surface area contributed by atoms with Crippen LogP contribution in [0, 0.1) is 6.92 Å². The maximum atomic E-state index is 11.3. The van der Waals surface area contributed by atoms with Crippen molar-refractivity contribution < 1.29 is 19.0 Å². The summed E-state index contributed by atoms with van der Waals surface area (Å²) < 4.78 is 15.2. The molecule has 0 saturated carbocycles. The third-order valence-corrected chi connectivity index (χ3v) is 3.04. The van der Waals surface area contributed by atoms with Crippen molar-refractivity contribution in [3.63, 3.8) is 0 Å². The van der Waals surface area contributed by atoms with E-state index < -0.39 is 0 Å². The summed E-state index contributed by atoms with van der Waals surface area (Å²) in [6, 6.07) is 3.88. The molecule has 0 radical (unpaired) electrons. The molecule has 19 heavy (non-hydrogen) atoms. The number of ether oxygens (including phenoxy) is 3. The molecule has 0 atom stereocenters. The Bertz CT molecular complexity index is 445. The minimum absolute atomic E-state index is 0.335. The molecule has 0 spiro atoms. The third-order valence-electron chi connectivity index (χ3n) is 3.04. The van der Waals surface area contributed by atoms with Crippen molar-refractivity contribution in [3.8, 4) is 11.5 Å². The van der Waals surface area contributed by atoms with Gasteiger partial charge in [-0.3, -0.25) is 0 Å². The summed E-state index contributed by atoms with van der Waals surface area (Å²) in [5, 5.41) is 0. The van der Waals surface area contributed by atoms with Crippen molar-refractivity contribution in [1.82, 2.24) is 4.90 Å². The molecule has 0 saturated heterocycles. The normalized spacial score (nSPS) is 9.95. The largest absolute Gasteiger partial charge is 0.493 e. The number of aryl methyl sites for hydroxylation is 1. The Hall–Kier alpha value is -1.91. The first kappa shape index (κ1) is 15.1. The van der Waals surface area contributed by atoms with Gasteiger partial charge in [-0.25, -0.2) is 4.79 Å². The van der Waals surface area contributed by atoms with Crippen molar-refractivity contribution >= 4 is 6.09 Å². The number of carbonyl (C=O) groups excluding carboxylic acids is 1. The van der Waals surface area contributed by atoms with E-state index in [9.17, 15) is 4.79 Å². The van der Waals surface area contributed by atoms with Crippen LogP contribution in [0.2, 0.25) is 0 Å². The molecule has 5 nitrogen and oxygen atoms in total. The Kier molecular flexibility index (Phi) is 5.48. The van der Waals surface area contributed by atoms with Crippen molar-refractivity contribution in [1.29, 1.82) is 0 Å². The molecule has 0 aliphatic heterocycles. The van der Waals surface area contributed by atoms with Crippen molar-refractivity contribution in [3.05, 3.63) is 23.3 Å². The monoisotopic (exact) mass is 267 g/mol. The number of rotatable bonds is 5. The Morgan fingerprint density at radius 3 is 2.26 bits per heavy atom. The number of nitrogens with zero attached hydrogens (tertiary/aromatic N) is 1. The van der Waals surface area contributed by atoms with Crippen LogP contribution in [0.1, 0.15) is 11.1 Å². The fourth-order valence-corrected chi connectivity index (χ4v) is 1.83. The van der Waals surface area contributed by atoms with Gasteiger partial charge in [-0.2, -0.15) is 0 Å². The fraction of sp³-hybridized carbons (Fsp3) is 0.500. The summed E-state index contributed by atoms with van der Waals surface area (Å²) >= 11 is 0. The van der Waals surface area contributed by atoms with Gasteiger partial charge in [0.05, 0.1) is 21.3 Å². The minimum Gasteiger partial charge on any atom is -0.493 e. The highest BCUT2D eigenvalue weighted by molar-refractivity contribution is 5.66. The minimum atomic E-state index is -0.335. The summed E-state index contributed by atoms with van der Waals surface area (Å²) in [5.41, 5.74) is 2.23. The molecule has 0 bridgehead atoms. The molecule has 106 valence electrons. The van der Waals surface area contributed by atoms with Crippen LogP contribution in [-0.2, 0) is 11.2 Å². The van der Waals surface area contributed by atoms with Gasteiger partial charge in [0.1, 0.15) is 0 Å². The number of amides is 1. The SMILES string of the molecule is COC(=O)N(C)CCc1cc(OC)c(OC)cc1C. The van der Waals surface area contributed by atoms with Gasteiger partial charge in [0.25, 0.3) is 0 Å². The predicted molar refractivity (Wildman–Crippen MR) is 73.0 cm³/mol. The third kappa shape index (κ3) is 3.77. The number of carbonyl (C=O) groups is 1. The molecule has 5 heteroatoms. The van der Waals surface area contributed by atoms with Crippen molar-refractivity contribution in [2.75, 3.05) is 34.9 Å². The van der Waals surface area contributed by atoms with E-state index >= 15 is 0 Å². The van der Waals surface area contributed by atoms with Gasteiger partial charge in [-0.05, 0) is 36.6 Å². The van der Waals surface area contributed by atoms with E-state index in [0.717, 1.165) is 17.5 Å². The van der Waals surface area contributed by atoms with Crippen molar-refractivity contribution in [2.45, 2.75) is 13.3 Å². The topological polar surface area (TPSA) is 48.0 Å². The van der Waals surface area contributed by atoms with Crippen LogP contribution in [0.25, 0.3) is 0 Å². The van der Waals surface area contributed by atoms with Crippen LogP contribution in [0.4, 0.5) is 4.79 Å². The molecule has 1 rings (SSSR count). The van der Waals surface area contributed by atoms with Crippen LogP contribution in [0.3, 0.4) is 0 Å². The van der Waals surface area contributed by atoms with Gasteiger partial charge in [0.2, 0.25) is 0 Å². The summed E-state index contributed by atoms with van der Waals surface area (Å²) in [6.45, 7) is 2.60. The van der Waals surface area contributed by atoms with Gasteiger partial charge >= 0.3 is 6.09 Å². The summed E-state index contributed by atoms with van der Waals surface area (Å²) in [5.74, 6) is 1.41. The van der Waals surface area contributed by atoms with Gasteiger partial charge in [0, 0.05) is 13.6 Å². The smallest absolute Gasteiger partial charge is 0.409 e. The molecule has 0 fully saturated rings. The molecule has 0 N–H and O–H groups in total. The van der Waals surface area contributed by atoms with E-state index in [-0.39, 0.29) is 6.09 Å². The number of likely N-dealkylation sites (N-methyl/N-ethyl adjacent to an activating group) is 1. The average Bonchev–Trinajstić information content (AvgIpc) is 2.44. The first-order valence-corrected chi connectivity index (χ1v) is 6.04. The number of methoxy groups -OCH3 is 3. The lowest BCUT2D eigenvalue weighted by Gasteiger charge is -2.17. The molecule has 0 unspecified atom stereocenters. The second-order valence-electron chi connectivity index (χ2n) is 4.28. The molecule has 0 heterocycles. The van der Waals surface area contributed by atoms with Gasteiger partial charge in [-0.15, -0.1) is 0 Å². The van der Waals surface area contributed by atoms with E-state index in [1.54, 1.807) is 21.3 Å². The lowest BCUT2D eigenvalue weighted by molar-refractivity contribution is 0.134. The first-order valence-electron chi connectivity index (χ1n) is 6.04. The van der Waals surface area contributed by atoms with Crippen LogP contribution in [-0.4, -0.2) is 45.9 Å². The van der Waals surface area contributed by atoms with Gasteiger partial charge in [-0.1, -0.05) is 0 Å². The van der Waals surface area contributed by atoms with Crippen molar-refractivity contribution in [2.24, 2.45) is 0 Å². The number of hydrogen-bond donors (Lipinski definition) is 0. The zero-order valence-electron chi connectivity index (χ0n) is 12.1. The highest BCUT2D eigenvalue weighted by Crippen LogP contribution is 2.30. The molecular formula is C14H21NO4. The van der Waals surface area contributed by atoms with E-state index in [1.807, 2.05) is 19.1 Å². The summed E-state index contributed by atoms with van der Waals surface area (Å²) in [4.78, 5) is 12.8. The lowest BCUT2D eigenvalue weighted by atomic mass is 10.0. The van der Waals surface area contributed by atoms with Crippen LogP contribution in [0.15, 0.2) is 12.1 Å². The average molecular weight is 267 g/mol. The number of hydrogen-bond acceptors (Lipinski definition) is 4. The molecule has 0 aromatic heterocycles. The van der Waals surface area contributed by atoms with E-state index in [0.29, 0.717) is 18.0 Å². The Labute approximate surface area is 114 Å². The highest BCUT2D eigenvalue weighted by atomic mass is 16.5. The maximum absolute atomic E-state index is 11.3. The number of benzene rings is 1. The van der Waals surface area contributed by atoms with E-state index in [2.05, 4.69) is 4.74 Å². The molecule has 1 aromatic carbocycles. The standard InChI is InChI=1S/C14H21NO4/c1-10-8-12(17-3)13(18-4)9-11(10)6-7-15(2)14(16)19-5/h8-9H,6-7H2,1-5H3. The second-order valence-corrected chi connectivity index (χ2v) is 4.28. The zero-order chi connectivity index (χ0) is 14.4. The molecular weight excluding hydrogens is 246 g/mol. The van der Waals surface area contributed by atoms with E-state index in [4.69, 9.17) is 9.47 Å². The highest BCUT2D eigenvalue weighted by Gasteiger charge is 2.11. The Morgan fingerprint density at radius 1 is 1.16 bits per heavy atom. The quantitative estimate of drug-likeness (QED) is 0.821. The lowest BCUT2D eigenvalue weighted by Crippen LogP contribution is -2.28. The fourth-order valence-electron chi connectivity index (χ4n) is 1.83. The Balaban J connectivity index is 2.81. The summed E-state index contributed by atoms with van der Waals surface area (Å²) in [7, 11) is 6.31. The second kappa shape index (κ2) is 6.87. The van der Waals surface area contributed by atoms with Gasteiger partial charge < -0.3 is 19.1 Å². The molecule has 1 aromatic rings. The molecule has 1 amide bonds. The molecule has 0 aliphatic rings. The summed E-state index contributed by atoms with van der Waals surface area (Å²) in [6.07, 6.45) is 0.399. The maximum Gasteiger partial charge on any atom is 0.409 e. The van der Waals surface area contributed by atoms with E-state index in [1.165, 1.54) is 12.0 Å². The predicted octanol–water partition coefficient (Wildman–Crippen LogP) is 2.25. The van der Waals surface area contributed by atoms with Crippen LogP contribution < -0.4 is 9.47 Å². The van der Waals surface area contributed by atoms with Gasteiger partial charge in [0.15, 0.2) is 11.5 Å². The Morgan fingerprint density at radius 2 is 1.74 bits per heavy atom. The van der Waals surface area contributed by atoms with Crippen LogP contribution >= 0.6 is 0 Å². The van der Waals surface area contributed by atoms with Crippen LogP contribution in [0.5, 0.6) is 11.5 Å². The molecule has 0 aliphatic carbocycles. The zero-order valence-corrected chi connectivity index (χ0v) is 12.1.